The van der Waals surface area contributed by atoms with Crippen LogP contribution in [0.3, 0.4) is 0 Å². The summed E-state index contributed by atoms with van der Waals surface area (Å²) in [4.78, 5) is 24.4. The number of likely N-dealkylation sites (tertiary alicyclic amines) is 1. The number of carboxylic acids is 2. The van der Waals surface area contributed by atoms with Crippen molar-refractivity contribution in [3.63, 3.8) is 0 Å². The molecule has 0 unspecified atom stereocenters. The summed E-state index contributed by atoms with van der Waals surface area (Å²) in [6, 6.07) is 4.94. The van der Waals surface area contributed by atoms with Crippen molar-refractivity contribution in [1.82, 2.24) is 9.80 Å². The van der Waals surface area contributed by atoms with Gasteiger partial charge in [-0.05, 0) is 50.2 Å². The van der Waals surface area contributed by atoms with Crippen molar-refractivity contribution in [1.29, 1.82) is 0 Å². The summed E-state index contributed by atoms with van der Waals surface area (Å²) >= 11 is 1.86. The molecule has 1 saturated carbocycles. The van der Waals surface area contributed by atoms with Crippen molar-refractivity contribution in [2.75, 3.05) is 39.4 Å². The number of fused-ring (bicyclic) bond motifs is 1. The molecule has 0 bridgehead atoms. The fourth-order valence-corrected chi connectivity index (χ4v) is 5.04. The van der Waals surface area contributed by atoms with Gasteiger partial charge >= 0.3 is 24.3 Å². The van der Waals surface area contributed by atoms with E-state index in [0.29, 0.717) is 12.1 Å². The topological polar surface area (TPSA) is 99.5 Å². The number of carbonyl (C=O) groups is 2. The van der Waals surface area contributed by atoms with E-state index in [1.807, 2.05) is 11.3 Å². The van der Waals surface area contributed by atoms with Crippen molar-refractivity contribution in [3.05, 3.63) is 22.4 Å². The number of thiophene rings is 1. The number of hydrogen-bond acceptors (Lipinski definition) is 7. The number of hydrogen-bond donors (Lipinski definition) is 2. The summed E-state index contributed by atoms with van der Waals surface area (Å²) in [6.07, 6.45) is -4.51. The average Bonchev–Trinajstić information content (AvgIpc) is 3.57. The summed E-state index contributed by atoms with van der Waals surface area (Å²) < 4.78 is 75.8. The molecule has 3 heterocycles. The second kappa shape index (κ2) is 14.3. The zero-order chi connectivity index (χ0) is 27.6. The van der Waals surface area contributed by atoms with Gasteiger partial charge in [-0.3, -0.25) is 4.90 Å². The van der Waals surface area contributed by atoms with Gasteiger partial charge in [-0.25, -0.2) is 9.59 Å². The van der Waals surface area contributed by atoms with E-state index in [-0.39, 0.29) is 6.10 Å². The molecule has 4 rings (SSSR count). The van der Waals surface area contributed by atoms with Crippen molar-refractivity contribution in [2.24, 2.45) is 0 Å². The molecule has 2 saturated heterocycles. The van der Waals surface area contributed by atoms with E-state index in [2.05, 4.69) is 27.3 Å². The van der Waals surface area contributed by atoms with E-state index in [1.54, 1.807) is 0 Å². The van der Waals surface area contributed by atoms with Crippen molar-refractivity contribution in [2.45, 2.75) is 62.8 Å². The molecule has 1 aromatic heterocycles. The van der Waals surface area contributed by atoms with Crippen LogP contribution in [0.1, 0.15) is 30.6 Å². The second-order valence-electron chi connectivity index (χ2n) is 8.59. The highest BCUT2D eigenvalue weighted by atomic mass is 32.1. The van der Waals surface area contributed by atoms with E-state index in [0.717, 1.165) is 39.3 Å². The van der Waals surface area contributed by atoms with Gasteiger partial charge in [0.15, 0.2) is 0 Å². The SMILES string of the molecule is O=C(O)C(F)(F)F.O=C(O)C(F)(F)F.c1csc(CN2CCO[C@H]3[C@H](OCCN4CCCC4)CC[C@@H]32)c1. The lowest BCUT2D eigenvalue weighted by Gasteiger charge is -2.39. The number of nitrogens with zero attached hydrogens (tertiary/aromatic N) is 2. The molecule has 3 atom stereocenters. The Morgan fingerprint density at radius 3 is 2.14 bits per heavy atom. The van der Waals surface area contributed by atoms with Gasteiger partial charge in [-0.2, -0.15) is 26.3 Å². The summed E-state index contributed by atoms with van der Waals surface area (Å²) in [7, 11) is 0. The zero-order valence-corrected chi connectivity index (χ0v) is 20.7. The minimum Gasteiger partial charge on any atom is -0.475 e. The van der Waals surface area contributed by atoms with Gasteiger partial charge in [-0.15, -0.1) is 11.3 Å². The standard InChI is InChI=1S/C18H28N2O2S.2C2HF3O2/c1-2-8-19(7-1)9-11-21-17-6-5-16-18(17)22-12-10-20(16)14-15-4-3-13-23-15;2*3-2(4,5)1(6)7/h3-4,13,16-18H,1-2,5-12,14H2;2*(H,6,7)/t16-,17+,18+;;/m0../s1. The lowest BCUT2D eigenvalue weighted by Crippen LogP contribution is -2.51. The molecule has 8 nitrogen and oxygen atoms in total. The molecule has 2 aliphatic heterocycles. The van der Waals surface area contributed by atoms with Crippen molar-refractivity contribution in [3.8, 4) is 0 Å². The Hall–Kier alpha value is -1.94. The van der Waals surface area contributed by atoms with Gasteiger partial charge in [0.2, 0.25) is 0 Å². The minimum absolute atomic E-state index is 0.280. The number of ether oxygens (including phenoxy) is 2. The maximum absolute atomic E-state index is 10.6. The average molecular weight is 565 g/mol. The first-order chi connectivity index (χ1) is 17.3. The van der Waals surface area contributed by atoms with E-state index >= 15 is 0 Å². The van der Waals surface area contributed by atoms with Crippen LogP contribution in [0, 0.1) is 0 Å². The predicted molar refractivity (Wildman–Crippen MR) is 120 cm³/mol. The van der Waals surface area contributed by atoms with Crippen LogP contribution in [-0.2, 0) is 25.6 Å². The van der Waals surface area contributed by atoms with Gasteiger partial charge in [-0.1, -0.05) is 6.07 Å². The van der Waals surface area contributed by atoms with E-state index < -0.39 is 24.3 Å². The number of aliphatic carboxylic acids is 2. The van der Waals surface area contributed by atoms with Gasteiger partial charge in [0, 0.05) is 30.6 Å². The first kappa shape index (κ1) is 31.3. The first-order valence-corrected chi connectivity index (χ1v) is 12.5. The molecule has 3 aliphatic rings. The van der Waals surface area contributed by atoms with E-state index in [4.69, 9.17) is 29.3 Å². The fraction of sp³-hybridized carbons (Fsp3) is 0.727. The van der Waals surface area contributed by atoms with Crippen LogP contribution in [0.5, 0.6) is 0 Å². The Bertz CT molecular complexity index is 809. The number of rotatable bonds is 6. The summed E-state index contributed by atoms with van der Waals surface area (Å²) in [5.74, 6) is -5.51. The van der Waals surface area contributed by atoms with Crippen LogP contribution < -0.4 is 0 Å². The van der Waals surface area contributed by atoms with Crippen LogP contribution in [0.4, 0.5) is 26.3 Å². The van der Waals surface area contributed by atoms with Crippen LogP contribution in [0.2, 0.25) is 0 Å². The molecule has 15 heteroatoms. The molecule has 1 aromatic rings. The first-order valence-electron chi connectivity index (χ1n) is 11.6. The number of morpholine rings is 1. The summed E-state index contributed by atoms with van der Waals surface area (Å²) in [6.45, 7) is 7.44. The maximum Gasteiger partial charge on any atom is 0.490 e. The Kier molecular flexibility index (Phi) is 12.1. The Morgan fingerprint density at radius 1 is 1.03 bits per heavy atom. The van der Waals surface area contributed by atoms with Crippen molar-refractivity contribution < 1.29 is 55.6 Å². The molecule has 3 fully saturated rings. The van der Waals surface area contributed by atoms with Gasteiger partial charge in [0.05, 0.1) is 25.4 Å². The van der Waals surface area contributed by atoms with Gasteiger partial charge in [0.25, 0.3) is 0 Å². The number of alkyl halides is 6. The van der Waals surface area contributed by atoms with Crippen molar-refractivity contribution >= 4 is 23.3 Å². The fourth-order valence-electron chi connectivity index (χ4n) is 4.31. The third-order valence-corrected chi connectivity index (χ3v) is 6.87. The minimum atomic E-state index is -5.08. The Morgan fingerprint density at radius 2 is 1.62 bits per heavy atom. The smallest absolute Gasteiger partial charge is 0.475 e. The van der Waals surface area contributed by atoms with Gasteiger partial charge in [0.1, 0.15) is 0 Å². The summed E-state index contributed by atoms with van der Waals surface area (Å²) in [5, 5.41) is 16.4. The number of halogens is 6. The third-order valence-electron chi connectivity index (χ3n) is 6.01. The van der Waals surface area contributed by atoms with Crippen LogP contribution in [0.25, 0.3) is 0 Å². The monoisotopic (exact) mass is 564 g/mol. The highest BCUT2D eigenvalue weighted by Gasteiger charge is 2.43. The molecule has 212 valence electrons. The molecule has 0 radical (unpaired) electrons. The highest BCUT2D eigenvalue weighted by molar-refractivity contribution is 7.09. The second-order valence-corrected chi connectivity index (χ2v) is 9.63. The molecular formula is C22H30F6N2O6S. The molecule has 2 N–H and O–H groups in total. The maximum atomic E-state index is 10.6. The molecule has 0 spiro atoms. The van der Waals surface area contributed by atoms with E-state index in [1.165, 1.54) is 37.2 Å². The number of carboxylic acid groups (broad SMARTS) is 2. The largest absolute Gasteiger partial charge is 0.490 e. The van der Waals surface area contributed by atoms with Crippen LogP contribution in [-0.4, -0.2) is 102 Å². The molecule has 0 amide bonds. The lowest BCUT2D eigenvalue weighted by molar-refractivity contribution is -0.193. The molecular weight excluding hydrogens is 534 g/mol. The van der Waals surface area contributed by atoms with Crippen LogP contribution >= 0.6 is 11.3 Å². The zero-order valence-electron chi connectivity index (χ0n) is 19.8. The quantitative estimate of drug-likeness (QED) is 0.503. The van der Waals surface area contributed by atoms with Gasteiger partial charge < -0.3 is 24.6 Å². The lowest BCUT2D eigenvalue weighted by atomic mass is 10.1. The normalized spacial score (nSPS) is 24.4. The van der Waals surface area contributed by atoms with E-state index in [9.17, 15) is 26.3 Å². The summed E-state index contributed by atoms with van der Waals surface area (Å²) in [5.41, 5.74) is 0. The third kappa shape index (κ3) is 10.8. The molecule has 1 aliphatic carbocycles. The Labute approximate surface area is 213 Å². The predicted octanol–water partition coefficient (Wildman–Crippen LogP) is 3.86. The highest BCUT2D eigenvalue weighted by Crippen LogP contribution is 2.33. The molecule has 37 heavy (non-hydrogen) atoms. The molecule has 0 aromatic carbocycles. The van der Waals surface area contributed by atoms with Crippen LogP contribution in [0.15, 0.2) is 17.5 Å². The Balaban J connectivity index is 0.000000286.